The summed E-state index contributed by atoms with van der Waals surface area (Å²) in [6, 6.07) is 11.6. The van der Waals surface area contributed by atoms with Crippen LogP contribution in [0.5, 0.6) is 0 Å². The number of rotatable bonds is 5. The van der Waals surface area contributed by atoms with Gasteiger partial charge in [0, 0.05) is 15.7 Å². The summed E-state index contributed by atoms with van der Waals surface area (Å²) in [6.07, 6.45) is 0. The molecule has 0 aromatic heterocycles. The lowest BCUT2D eigenvalue weighted by atomic mass is 10.0. The first-order valence-corrected chi connectivity index (χ1v) is 8.29. The Bertz CT molecular complexity index is 715. The van der Waals surface area contributed by atoms with Gasteiger partial charge < -0.3 is 10.6 Å². The van der Waals surface area contributed by atoms with Gasteiger partial charge in [-0.05, 0) is 54.4 Å². The van der Waals surface area contributed by atoms with Gasteiger partial charge in [-0.1, -0.05) is 29.8 Å². The third-order valence-corrected chi connectivity index (χ3v) is 3.98. The first-order valence-electron chi connectivity index (χ1n) is 7.49. The second kappa shape index (κ2) is 8.06. The first-order chi connectivity index (χ1) is 11.4. The predicted molar refractivity (Wildman–Crippen MR) is 95.3 cm³/mol. The zero-order chi connectivity index (χ0) is 17.7. The van der Waals surface area contributed by atoms with Crippen LogP contribution in [0.15, 0.2) is 53.0 Å². The van der Waals surface area contributed by atoms with Crippen LogP contribution in [-0.2, 0) is 4.79 Å². The molecule has 24 heavy (non-hydrogen) atoms. The van der Waals surface area contributed by atoms with E-state index < -0.39 is 17.8 Å². The minimum atomic E-state index is -0.703. The molecule has 2 amide bonds. The molecule has 1 atom stereocenters. The van der Waals surface area contributed by atoms with Gasteiger partial charge in [-0.15, -0.1) is 0 Å². The molecular weight excluding hydrogens is 375 g/mol. The summed E-state index contributed by atoms with van der Waals surface area (Å²) in [6.45, 7) is 3.69. The summed E-state index contributed by atoms with van der Waals surface area (Å²) in [5.41, 5.74) is 0.948. The highest BCUT2D eigenvalue weighted by atomic mass is 79.9. The van der Waals surface area contributed by atoms with Crippen LogP contribution in [-0.4, -0.2) is 17.9 Å². The van der Waals surface area contributed by atoms with Crippen LogP contribution in [0.1, 0.15) is 24.2 Å². The molecule has 2 rings (SSSR count). The fourth-order valence-corrected chi connectivity index (χ4v) is 2.38. The number of halogens is 2. The maximum atomic E-state index is 12.9. The van der Waals surface area contributed by atoms with Crippen molar-refractivity contribution in [3.05, 3.63) is 64.4 Å². The third-order valence-electron chi connectivity index (χ3n) is 3.45. The standard InChI is InChI=1S/C18H18BrFN2O2/c1-11(2)16(18(24)21-15-9-5-13(19)6-10-15)22-17(23)12-3-7-14(20)8-4-12/h3-11,16H,1-2H3,(H,21,24)(H,22,23). The van der Waals surface area contributed by atoms with Gasteiger partial charge in [-0.25, -0.2) is 4.39 Å². The van der Waals surface area contributed by atoms with Crippen molar-refractivity contribution in [3.63, 3.8) is 0 Å². The van der Waals surface area contributed by atoms with Crippen LogP contribution in [0.25, 0.3) is 0 Å². The summed E-state index contributed by atoms with van der Waals surface area (Å²) < 4.78 is 13.8. The Morgan fingerprint density at radius 3 is 2.12 bits per heavy atom. The second-order valence-corrected chi connectivity index (χ2v) is 6.61. The highest BCUT2D eigenvalue weighted by Gasteiger charge is 2.24. The molecule has 4 nitrogen and oxygen atoms in total. The van der Waals surface area contributed by atoms with Crippen LogP contribution in [0.4, 0.5) is 10.1 Å². The van der Waals surface area contributed by atoms with Crippen molar-refractivity contribution in [2.75, 3.05) is 5.32 Å². The molecule has 0 radical (unpaired) electrons. The average Bonchev–Trinajstić information content (AvgIpc) is 2.54. The zero-order valence-corrected chi connectivity index (χ0v) is 14.9. The Labute approximate surface area is 148 Å². The summed E-state index contributed by atoms with van der Waals surface area (Å²) in [4.78, 5) is 24.7. The van der Waals surface area contributed by atoms with Crippen molar-refractivity contribution < 1.29 is 14.0 Å². The van der Waals surface area contributed by atoms with E-state index in [9.17, 15) is 14.0 Å². The molecule has 1 unspecified atom stereocenters. The number of amides is 2. The van der Waals surface area contributed by atoms with E-state index in [-0.39, 0.29) is 11.8 Å². The molecule has 0 heterocycles. The van der Waals surface area contributed by atoms with Gasteiger partial charge in [0.15, 0.2) is 0 Å². The lowest BCUT2D eigenvalue weighted by Gasteiger charge is -2.21. The van der Waals surface area contributed by atoms with Crippen LogP contribution in [0, 0.1) is 11.7 Å². The number of hydrogen-bond acceptors (Lipinski definition) is 2. The van der Waals surface area contributed by atoms with E-state index in [0.29, 0.717) is 11.3 Å². The normalized spacial score (nSPS) is 11.9. The van der Waals surface area contributed by atoms with Crippen LogP contribution >= 0.6 is 15.9 Å². The SMILES string of the molecule is CC(C)C(NC(=O)c1ccc(F)cc1)C(=O)Nc1ccc(Br)cc1. The van der Waals surface area contributed by atoms with Gasteiger partial charge in [-0.3, -0.25) is 9.59 Å². The molecule has 0 aliphatic rings. The Hall–Kier alpha value is -2.21. The van der Waals surface area contributed by atoms with Gasteiger partial charge in [0.2, 0.25) is 5.91 Å². The van der Waals surface area contributed by atoms with E-state index in [1.165, 1.54) is 24.3 Å². The number of hydrogen-bond donors (Lipinski definition) is 2. The number of nitrogens with one attached hydrogen (secondary N) is 2. The molecule has 6 heteroatoms. The third kappa shape index (κ3) is 4.89. The van der Waals surface area contributed by atoms with Gasteiger partial charge >= 0.3 is 0 Å². The fraction of sp³-hybridized carbons (Fsp3) is 0.222. The van der Waals surface area contributed by atoms with Gasteiger partial charge in [0.25, 0.3) is 5.91 Å². The molecule has 0 fully saturated rings. The maximum Gasteiger partial charge on any atom is 0.251 e. The number of benzene rings is 2. The van der Waals surface area contributed by atoms with E-state index in [1.54, 1.807) is 12.1 Å². The van der Waals surface area contributed by atoms with Crippen molar-refractivity contribution in [2.45, 2.75) is 19.9 Å². The number of carbonyl (C=O) groups excluding carboxylic acids is 2. The minimum absolute atomic E-state index is 0.107. The van der Waals surface area contributed by atoms with Crippen LogP contribution in [0.2, 0.25) is 0 Å². The monoisotopic (exact) mass is 392 g/mol. The van der Waals surface area contributed by atoms with E-state index in [1.807, 2.05) is 26.0 Å². The average molecular weight is 393 g/mol. The molecule has 0 saturated carbocycles. The van der Waals surface area contributed by atoms with Gasteiger partial charge in [0.05, 0.1) is 0 Å². The van der Waals surface area contributed by atoms with Crippen molar-refractivity contribution in [1.29, 1.82) is 0 Å². The summed E-state index contributed by atoms with van der Waals surface area (Å²) in [7, 11) is 0. The fourth-order valence-electron chi connectivity index (χ4n) is 2.11. The van der Waals surface area contributed by atoms with E-state index in [4.69, 9.17) is 0 Å². The molecule has 2 aromatic carbocycles. The van der Waals surface area contributed by atoms with Crippen molar-refractivity contribution in [1.82, 2.24) is 5.32 Å². The molecular formula is C18H18BrFN2O2. The van der Waals surface area contributed by atoms with Gasteiger partial charge in [-0.2, -0.15) is 0 Å². The predicted octanol–water partition coefficient (Wildman–Crippen LogP) is 3.98. The Balaban J connectivity index is 2.07. The molecule has 2 aromatic rings. The van der Waals surface area contributed by atoms with Gasteiger partial charge in [0.1, 0.15) is 11.9 Å². The summed E-state index contributed by atoms with van der Waals surface area (Å²) in [5, 5.41) is 5.48. The highest BCUT2D eigenvalue weighted by Crippen LogP contribution is 2.15. The zero-order valence-electron chi connectivity index (χ0n) is 13.3. The highest BCUT2D eigenvalue weighted by molar-refractivity contribution is 9.10. The lowest BCUT2D eigenvalue weighted by molar-refractivity contribution is -0.118. The smallest absolute Gasteiger partial charge is 0.251 e. The number of carbonyl (C=O) groups is 2. The molecule has 0 aliphatic carbocycles. The van der Waals surface area contributed by atoms with Crippen molar-refractivity contribution in [3.8, 4) is 0 Å². The molecule has 0 bridgehead atoms. The van der Waals surface area contributed by atoms with E-state index >= 15 is 0 Å². The summed E-state index contributed by atoms with van der Waals surface area (Å²) in [5.74, 6) is -1.24. The Kier molecular flexibility index (Phi) is 6.09. The van der Waals surface area contributed by atoms with Crippen molar-refractivity contribution >= 4 is 33.4 Å². The Morgan fingerprint density at radius 2 is 1.58 bits per heavy atom. The second-order valence-electron chi connectivity index (χ2n) is 5.70. The molecule has 0 saturated heterocycles. The largest absolute Gasteiger partial charge is 0.340 e. The summed E-state index contributed by atoms with van der Waals surface area (Å²) >= 11 is 3.33. The minimum Gasteiger partial charge on any atom is -0.340 e. The lowest BCUT2D eigenvalue weighted by Crippen LogP contribution is -2.47. The first kappa shape index (κ1) is 18.1. The quantitative estimate of drug-likeness (QED) is 0.808. The van der Waals surface area contributed by atoms with E-state index in [2.05, 4.69) is 26.6 Å². The molecule has 2 N–H and O–H groups in total. The number of anilines is 1. The Morgan fingerprint density at radius 1 is 1.00 bits per heavy atom. The van der Waals surface area contributed by atoms with E-state index in [0.717, 1.165) is 4.47 Å². The molecule has 126 valence electrons. The van der Waals surface area contributed by atoms with Crippen LogP contribution < -0.4 is 10.6 Å². The maximum absolute atomic E-state index is 12.9. The van der Waals surface area contributed by atoms with Crippen molar-refractivity contribution in [2.24, 2.45) is 5.92 Å². The molecule has 0 spiro atoms. The molecule has 0 aliphatic heterocycles. The van der Waals surface area contributed by atoms with Crippen LogP contribution in [0.3, 0.4) is 0 Å². The topological polar surface area (TPSA) is 58.2 Å².